The zero-order chi connectivity index (χ0) is 11.1. The Balaban J connectivity index is 2.14. The zero-order valence-electron chi connectivity index (χ0n) is 10.6. The van der Waals surface area contributed by atoms with Gasteiger partial charge in [-0.25, -0.2) is 0 Å². The van der Waals surface area contributed by atoms with Gasteiger partial charge >= 0.3 is 0 Å². The molecule has 0 aromatic heterocycles. The summed E-state index contributed by atoms with van der Waals surface area (Å²) in [5.41, 5.74) is 6.84. The standard InChI is InChI=1S/C13H26N2/c1-4-9-15(11-5-6-11)13(3,10-14)12(2)7-8-12/h11H,4-10,14H2,1-3H3. The topological polar surface area (TPSA) is 29.3 Å². The van der Waals surface area contributed by atoms with E-state index in [2.05, 4.69) is 25.7 Å². The van der Waals surface area contributed by atoms with Crippen LogP contribution in [0, 0.1) is 5.41 Å². The van der Waals surface area contributed by atoms with Gasteiger partial charge in [-0.15, -0.1) is 0 Å². The van der Waals surface area contributed by atoms with E-state index in [9.17, 15) is 0 Å². The molecule has 1 unspecified atom stereocenters. The Morgan fingerprint density at radius 2 is 2.00 bits per heavy atom. The summed E-state index contributed by atoms with van der Waals surface area (Å²) >= 11 is 0. The van der Waals surface area contributed by atoms with Crippen LogP contribution in [0.1, 0.15) is 52.9 Å². The van der Waals surface area contributed by atoms with Crippen molar-refractivity contribution in [2.24, 2.45) is 11.1 Å². The summed E-state index contributed by atoms with van der Waals surface area (Å²) in [5, 5.41) is 0. The van der Waals surface area contributed by atoms with Crippen LogP contribution >= 0.6 is 0 Å². The van der Waals surface area contributed by atoms with E-state index in [0.29, 0.717) is 5.41 Å². The van der Waals surface area contributed by atoms with Gasteiger partial charge in [0.1, 0.15) is 0 Å². The Labute approximate surface area is 94.2 Å². The van der Waals surface area contributed by atoms with E-state index in [1.807, 2.05) is 0 Å². The lowest BCUT2D eigenvalue weighted by atomic mass is 9.81. The van der Waals surface area contributed by atoms with Crippen LogP contribution in [0.3, 0.4) is 0 Å². The second-order valence-electron chi connectivity index (χ2n) is 5.96. The van der Waals surface area contributed by atoms with Gasteiger partial charge in [-0.3, -0.25) is 4.90 Å². The first-order valence-corrected chi connectivity index (χ1v) is 6.54. The molecule has 2 fully saturated rings. The fraction of sp³-hybridized carbons (Fsp3) is 1.00. The Morgan fingerprint density at radius 3 is 2.33 bits per heavy atom. The van der Waals surface area contributed by atoms with Crippen molar-refractivity contribution in [2.45, 2.75) is 64.5 Å². The zero-order valence-corrected chi connectivity index (χ0v) is 10.6. The van der Waals surface area contributed by atoms with Gasteiger partial charge in [-0.2, -0.15) is 0 Å². The lowest BCUT2D eigenvalue weighted by molar-refractivity contribution is 0.0396. The van der Waals surface area contributed by atoms with Gasteiger partial charge in [-0.05, 0) is 51.0 Å². The molecule has 2 saturated carbocycles. The fourth-order valence-corrected chi connectivity index (χ4v) is 2.90. The van der Waals surface area contributed by atoms with Crippen molar-refractivity contribution in [1.82, 2.24) is 4.90 Å². The van der Waals surface area contributed by atoms with Crippen LogP contribution < -0.4 is 5.73 Å². The van der Waals surface area contributed by atoms with E-state index in [0.717, 1.165) is 12.6 Å². The maximum atomic E-state index is 6.09. The van der Waals surface area contributed by atoms with Gasteiger partial charge in [0.15, 0.2) is 0 Å². The van der Waals surface area contributed by atoms with Gasteiger partial charge in [-0.1, -0.05) is 13.8 Å². The SMILES string of the molecule is CCCN(C1CC1)C(C)(CN)C1(C)CC1. The quantitative estimate of drug-likeness (QED) is 0.729. The minimum absolute atomic E-state index is 0.254. The Bertz CT molecular complexity index is 231. The van der Waals surface area contributed by atoms with Gasteiger partial charge < -0.3 is 5.73 Å². The molecule has 0 aliphatic heterocycles. The van der Waals surface area contributed by atoms with Crippen LogP contribution in [0.2, 0.25) is 0 Å². The molecule has 1 atom stereocenters. The molecule has 2 nitrogen and oxygen atoms in total. The summed E-state index contributed by atoms with van der Waals surface area (Å²) in [5.74, 6) is 0. The maximum absolute atomic E-state index is 6.09. The van der Waals surface area contributed by atoms with Crippen molar-refractivity contribution >= 4 is 0 Å². The number of hydrogen-bond acceptors (Lipinski definition) is 2. The minimum Gasteiger partial charge on any atom is -0.329 e. The molecular weight excluding hydrogens is 184 g/mol. The van der Waals surface area contributed by atoms with Crippen LogP contribution in [0.4, 0.5) is 0 Å². The lowest BCUT2D eigenvalue weighted by Crippen LogP contribution is -2.58. The molecule has 0 aromatic rings. The molecular formula is C13H26N2. The van der Waals surface area contributed by atoms with Crippen molar-refractivity contribution in [3.8, 4) is 0 Å². The number of nitrogens with zero attached hydrogens (tertiary/aromatic N) is 1. The van der Waals surface area contributed by atoms with Crippen molar-refractivity contribution in [2.75, 3.05) is 13.1 Å². The molecule has 2 N–H and O–H groups in total. The third-order valence-electron chi connectivity index (χ3n) is 4.78. The van der Waals surface area contributed by atoms with Crippen molar-refractivity contribution in [1.29, 1.82) is 0 Å². The van der Waals surface area contributed by atoms with E-state index >= 15 is 0 Å². The van der Waals surface area contributed by atoms with Crippen LogP contribution in [-0.4, -0.2) is 29.6 Å². The molecule has 0 saturated heterocycles. The number of hydrogen-bond donors (Lipinski definition) is 1. The molecule has 0 bridgehead atoms. The average Bonchev–Trinajstić information content (AvgIpc) is 3.08. The first-order chi connectivity index (χ1) is 7.07. The Hall–Kier alpha value is -0.0800. The highest BCUT2D eigenvalue weighted by atomic mass is 15.3. The molecule has 0 amide bonds. The number of nitrogens with two attached hydrogens (primary N) is 1. The van der Waals surface area contributed by atoms with E-state index in [-0.39, 0.29) is 5.54 Å². The smallest absolute Gasteiger partial charge is 0.0359 e. The highest BCUT2D eigenvalue weighted by molar-refractivity contribution is 5.12. The van der Waals surface area contributed by atoms with Crippen LogP contribution in [-0.2, 0) is 0 Å². The highest BCUT2D eigenvalue weighted by Gasteiger charge is 2.57. The van der Waals surface area contributed by atoms with Gasteiger partial charge in [0.05, 0.1) is 0 Å². The molecule has 15 heavy (non-hydrogen) atoms. The van der Waals surface area contributed by atoms with Crippen molar-refractivity contribution in [3.63, 3.8) is 0 Å². The number of rotatable bonds is 6. The minimum atomic E-state index is 0.254. The molecule has 2 heteroatoms. The molecule has 0 spiro atoms. The van der Waals surface area contributed by atoms with Crippen molar-refractivity contribution < 1.29 is 0 Å². The Morgan fingerprint density at radius 1 is 1.40 bits per heavy atom. The molecule has 0 radical (unpaired) electrons. The predicted molar refractivity (Wildman–Crippen MR) is 64.8 cm³/mol. The molecule has 0 aromatic carbocycles. The van der Waals surface area contributed by atoms with E-state index in [1.165, 1.54) is 38.6 Å². The van der Waals surface area contributed by atoms with Crippen LogP contribution in [0.25, 0.3) is 0 Å². The second-order valence-corrected chi connectivity index (χ2v) is 5.96. The van der Waals surface area contributed by atoms with Crippen molar-refractivity contribution in [3.05, 3.63) is 0 Å². The lowest BCUT2D eigenvalue weighted by Gasteiger charge is -2.46. The molecule has 2 aliphatic carbocycles. The van der Waals surface area contributed by atoms with Gasteiger partial charge in [0.25, 0.3) is 0 Å². The second kappa shape index (κ2) is 3.74. The summed E-state index contributed by atoms with van der Waals surface area (Å²) < 4.78 is 0. The fourth-order valence-electron chi connectivity index (χ4n) is 2.90. The monoisotopic (exact) mass is 210 g/mol. The van der Waals surface area contributed by atoms with Gasteiger partial charge in [0, 0.05) is 18.1 Å². The summed E-state index contributed by atoms with van der Waals surface area (Å²) in [6, 6.07) is 0.843. The third kappa shape index (κ3) is 1.83. The van der Waals surface area contributed by atoms with E-state index in [1.54, 1.807) is 0 Å². The average molecular weight is 210 g/mol. The van der Waals surface area contributed by atoms with Gasteiger partial charge in [0.2, 0.25) is 0 Å². The highest BCUT2D eigenvalue weighted by Crippen LogP contribution is 2.57. The van der Waals surface area contributed by atoms with Crippen LogP contribution in [0.5, 0.6) is 0 Å². The largest absolute Gasteiger partial charge is 0.329 e. The first-order valence-electron chi connectivity index (χ1n) is 6.54. The summed E-state index contributed by atoms with van der Waals surface area (Å²) in [6.45, 7) is 9.15. The maximum Gasteiger partial charge on any atom is 0.0359 e. The normalized spacial score (nSPS) is 27.8. The third-order valence-corrected chi connectivity index (χ3v) is 4.78. The Kier molecular flexibility index (Phi) is 2.85. The van der Waals surface area contributed by atoms with E-state index < -0.39 is 0 Å². The molecule has 2 rings (SSSR count). The molecule has 0 heterocycles. The summed E-state index contributed by atoms with van der Waals surface area (Å²) in [4.78, 5) is 2.72. The predicted octanol–water partition coefficient (Wildman–Crippen LogP) is 2.38. The first kappa shape index (κ1) is 11.4. The molecule has 2 aliphatic rings. The summed E-state index contributed by atoms with van der Waals surface area (Å²) in [6.07, 6.45) is 6.78. The van der Waals surface area contributed by atoms with Crippen LogP contribution in [0.15, 0.2) is 0 Å². The molecule has 88 valence electrons. The summed E-state index contributed by atoms with van der Waals surface area (Å²) in [7, 11) is 0. The van der Waals surface area contributed by atoms with E-state index in [4.69, 9.17) is 5.73 Å².